The lowest BCUT2D eigenvalue weighted by atomic mass is 9.75. The molecule has 6 nitrogen and oxygen atoms in total. The molecule has 3 aromatic rings. The molecule has 0 heterocycles. The smallest absolute Gasteiger partial charge is 0.426 e. The van der Waals surface area contributed by atoms with E-state index in [1.165, 1.54) is 18.2 Å². The van der Waals surface area contributed by atoms with Crippen molar-refractivity contribution < 1.29 is 24.0 Å². The summed E-state index contributed by atoms with van der Waals surface area (Å²) >= 11 is 0. The molecule has 0 bridgehead atoms. The van der Waals surface area contributed by atoms with Gasteiger partial charge in [-0.05, 0) is 52.9 Å². The van der Waals surface area contributed by atoms with Crippen LogP contribution < -0.4 is 10.6 Å². The zero-order valence-electron chi connectivity index (χ0n) is 18.7. The Morgan fingerprint density at radius 3 is 2.33 bits per heavy atom. The third-order valence-corrected chi connectivity index (χ3v) is 5.39. The topological polar surface area (TPSA) is 98.7 Å². The number of halogens is 1. The first-order valence-corrected chi connectivity index (χ1v) is 10.9. The van der Waals surface area contributed by atoms with Gasteiger partial charge in [0.25, 0.3) is 5.91 Å². The highest BCUT2D eigenvalue weighted by Gasteiger charge is 2.28. The number of carbonyl (C=O) groups excluding carboxylic acids is 2. The molecule has 1 unspecified atom stereocenters. The molecule has 0 saturated heterocycles. The molecule has 0 aliphatic rings. The van der Waals surface area contributed by atoms with Crippen LogP contribution in [-0.4, -0.2) is 34.9 Å². The number of rotatable bonds is 9. The minimum atomic E-state index is -1.71. The second-order valence-electron chi connectivity index (χ2n) is 8.56. The average molecular weight is 450 g/mol. The molecule has 8 heteroatoms. The fourth-order valence-corrected chi connectivity index (χ4v) is 3.76. The quantitative estimate of drug-likeness (QED) is 0.376. The van der Waals surface area contributed by atoms with E-state index in [0.717, 1.165) is 10.8 Å². The number of benzene rings is 3. The average Bonchev–Trinajstić information content (AvgIpc) is 2.77. The molecule has 0 aliphatic carbocycles. The third kappa shape index (κ3) is 6.88. The summed E-state index contributed by atoms with van der Waals surface area (Å²) in [6.45, 7) is 3.81. The van der Waals surface area contributed by atoms with Crippen molar-refractivity contribution in [3.63, 3.8) is 0 Å². The molecule has 0 radical (unpaired) electrons. The molecule has 3 aromatic carbocycles. The van der Waals surface area contributed by atoms with E-state index in [2.05, 4.69) is 10.6 Å². The molecule has 0 fully saturated rings. The van der Waals surface area contributed by atoms with Gasteiger partial charge in [0.05, 0.1) is 18.4 Å². The van der Waals surface area contributed by atoms with Crippen molar-refractivity contribution in [3.05, 3.63) is 83.7 Å². The SMILES string of the molecule is CC(C)C[C@H](NC(=O)CC(NC(=O)c1ccc2ccccc2c1)c1cccc(F)c1)B(O)O. The van der Waals surface area contributed by atoms with E-state index >= 15 is 0 Å². The number of hydrogen-bond acceptors (Lipinski definition) is 4. The van der Waals surface area contributed by atoms with Crippen LogP contribution in [0.1, 0.15) is 48.7 Å². The Labute approximate surface area is 193 Å². The van der Waals surface area contributed by atoms with Gasteiger partial charge < -0.3 is 20.7 Å². The summed E-state index contributed by atoms with van der Waals surface area (Å²) in [7, 11) is -1.71. The van der Waals surface area contributed by atoms with Crippen LogP contribution in [0.2, 0.25) is 0 Å². The Hall–Kier alpha value is -3.23. The predicted octanol–water partition coefficient (Wildman–Crippen LogP) is 3.38. The van der Waals surface area contributed by atoms with Gasteiger partial charge in [-0.3, -0.25) is 9.59 Å². The van der Waals surface area contributed by atoms with Crippen molar-refractivity contribution in [1.29, 1.82) is 0 Å². The molecular weight excluding hydrogens is 422 g/mol. The van der Waals surface area contributed by atoms with Crippen LogP contribution in [0, 0.1) is 11.7 Å². The van der Waals surface area contributed by atoms with E-state index in [4.69, 9.17) is 0 Å². The van der Waals surface area contributed by atoms with Gasteiger partial charge in [0.1, 0.15) is 5.82 Å². The van der Waals surface area contributed by atoms with Crippen LogP contribution >= 0.6 is 0 Å². The monoisotopic (exact) mass is 450 g/mol. The van der Waals surface area contributed by atoms with Crippen molar-refractivity contribution in [2.45, 2.75) is 38.7 Å². The van der Waals surface area contributed by atoms with E-state index in [0.29, 0.717) is 17.5 Å². The largest absolute Gasteiger partial charge is 0.475 e. The second kappa shape index (κ2) is 11.1. The molecule has 3 rings (SSSR count). The van der Waals surface area contributed by atoms with E-state index in [9.17, 15) is 24.0 Å². The maximum absolute atomic E-state index is 13.9. The lowest BCUT2D eigenvalue weighted by Crippen LogP contribution is -2.48. The van der Waals surface area contributed by atoms with Crippen LogP contribution in [0.4, 0.5) is 4.39 Å². The standard InChI is InChI=1S/C25H28BFN2O4/c1-16(2)12-23(26(32)33)29-24(30)15-22(19-8-5-9-21(27)14-19)28-25(31)20-11-10-17-6-3-4-7-18(17)13-20/h3-11,13-14,16,22-23,32-33H,12,15H2,1-2H3,(H,28,31)(H,29,30)/t22?,23-/m0/s1. The minimum absolute atomic E-state index is 0.128. The highest BCUT2D eigenvalue weighted by Crippen LogP contribution is 2.21. The first kappa shape index (κ1) is 24.4. The Kier molecular flexibility index (Phi) is 8.19. The molecule has 0 aromatic heterocycles. The zero-order chi connectivity index (χ0) is 24.0. The number of nitrogens with one attached hydrogen (secondary N) is 2. The van der Waals surface area contributed by atoms with E-state index in [-0.39, 0.29) is 12.3 Å². The molecule has 2 amide bonds. The molecule has 0 spiro atoms. The van der Waals surface area contributed by atoms with Gasteiger partial charge in [-0.25, -0.2) is 4.39 Å². The summed E-state index contributed by atoms with van der Waals surface area (Å²) < 4.78 is 13.9. The Morgan fingerprint density at radius 1 is 0.939 bits per heavy atom. The van der Waals surface area contributed by atoms with Gasteiger partial charge in [0, 0.05) is 5.56 Å². The normalized spacial score (nSPS) is 12.9. The first-order chi connectivity index (χ1) is 15.7. The van der Waals surface area contributed by atoms with Crippen LogP contribution in [0.15, 0.2) is 66.7 Å². The van der Waals surface area contributed by atoms with Gasteiger partial charge >= 0.3 is 7.12 Å². The molecule has 4 N–H and O–H groups in total. The fourth-order valence-electron chi connectivity index (χ4n) is 3.76. The lowest BCUT2D eigenvalue weighted by molar-refractivity contribution is -0.122. The van der Waals surface area contributed by atoms with Crippen LogP contribution in [0.25, 0.3) is 10.8 Å². The van der Waals surface area contributed by atoms with Crippen molar-refractivity contribution >= 4 is 29.7 Å². The van der Waals surface area contributed by atoms with E-state index in [1.54, 1.807) is 18.2 Å². The van der Waals surface area contributed by atoms with Crippen molar-refractivity contribution in [2.75, 3.05) is 0 Å². The number of hydrogen-bond donors (Lipinski definition) is 4. The Balaban J connectivity index is 1.80. The summed E-state index contributed by atoms with van der Waals surface area (Å²) in [5.74, 6) is -2.09. The fraction of sp³-hybridized carbons (Fsp3) is 0.280. The lowest BCUT2D eigenvalue weighted by Gasteiger charge is -2.23. The minimum Gasteiger partial charge on any atom is -0.426 e. The molecule has 172 valence electrons. The van der Waals surface area contributed by atoms with Crippen LogP contribution in [0.5, 0.6) is 0 Å². The molecule has 2 atom stereocenters. The maximum Gasteiger partial charge on any atom is 0.475 e. The number of fused-ring (bicyclic) bond motifs is 1. The molecule has 33 heavy (non-hydrogen) atoms. The zero-order valence-corrected chi connectivity index (χ0v) is 18.7. The van der Waals surface area contributed by atoms with Crippen molar-refractivity contribution in [2.24, 2.45) is 5.92 Å². The Morgan fingerprint density at radius 2 is 1.67 bits per heavy atom. The van der Waals surface area contributed by atoms with Gasteiger partial charge in [-0.2, -0.15) is 0 Å². The second-order valence-corrected chi connectivity index (χ2v) is 8.56. The number of amides is 2. The third-order valence-electron chi connectivity index (χ3n) is 5.39. The summed E-state index contributed by atoms with van der Waals surface area (Å²) in [4.78, 5) is 25.7. The van der Waals surface area contributed by atoms with Gasteiger partial charge in [0.2, 0.25) is 5.91 Å². The Bertz CT molecular complexity index is 1120. The predicted molar refractivity (Wildman–Crippen MR) is 127 cm³/mol. The van der Waals surface area contributed by atoms with Gasteiger partial charge in [0.15, 0.2) is 0 Å². The summed E-state index contributed by atoms with van der Waals surface area (Å²) in [5.41, 5.74) is 0.850. The van der Waals surface area contributed by atoms with Crippen LogP contribution in [-0.2, 0) is 4.79 Å². The molecule has 0 saturated carbocycles. The maximum atomic E-state index is 13.9. The van der Waals surface area contributed by atoms with E-state index < -0.39 is 36.7 Å². The van der Waals surface area contributed by atoms with Gasteiger partial charge in [-0.1, -0.05) is 56.3 Å². The van der Waals surface area contributed by atoms with Crippen molar-refractivity contribution in [3.8, 4) is 0 Å². The van der Waals surface area contributed by atoms with E-state index in [1.807, 2.05) is 44.2 Å². The molecule has 0 aliphatic heterocycles. The summed E-state index contributed by atoms with van der Waals surface area (Å²) in [6.07, 6.45) is 0.182. The highest BCUT2D eigenvalue weighted by molar-refractivity contribution is 6.43. The summed E-state index contributed by atoms with van der Waals surface area (Å²) in [6, 6.07) is 17.8. The van der Waals surface area contributed by atoms with Crippen LogP contribution in [0.3, 0.4) is 0 Å². The van der Waals surface area contributed by atoms with Crippen molar-refractivity contribution in [1.82, 2.24) is 10.6 Å². The number of carbonyl (C=O) groups is 2. The molecular formula is C25H28BFN2O4. The first-order valence-electron chi connectivity index (χ1n) is 10.9. The summed E-state index contributed by atoms with van der Waals surface area (Å²) in [5, 5.41) is 26.5. The van der Waals surface area contributed by atoms with Gasteiger partial charge in [-0.15, -0.1) is 0 Å². The highest BCUT2D eigenvalue weighted by atomic mass is 19.1.